The van der Waals surface area contributed by atoms with Gasteiger partial charge in [-0.1, -0.05) is 63.4 Å². The van der Waals surface area contributed by atoms with Gasteiger partial charge in [-0.2, -0.15) is 5.01 Å². The minimum atomic E-state index is -1.45. The summed E-state index contributed by atoms with van der Waals surface area (Å²) < 4.78 is 5.69. The second kappa shape index (κ2) is 11.5. The van der Waals surface area contributed by atoms with E-state index in [0.717, 1.165) is 29.0 Å². The van der Waals surface area contributed by atoms with E-state index in [0.29, 0.717) is 41.9 Å². The number of nitrogens with zero attached hydrogens (tertiary/aromatic N) is 4. The number of pyridine rings is 1. The van der Waals surface area contributed by atoms with Crippen LogP contribution >= 0.6 is 0 Å². The fourth-order valence-corrected chi connectivity index (χ4v) is 4.69. The van der Waals surface area contributed by atoms with Crippen molar-refractivity contribution in [2.24, 2.45) is 4.99 Å². The first-order chi connectivity index (χ1) is 18.3. The molecule has 3 N–H and O–H groups in total. The molecule has 0 fully saturated rings. The Hall–Kier alpha value is -4.14. The molecule has 1 atom stereocenters. The van der Waals surface area contributed by atoms with E-state index in [4.69, 9.17) is 4.74 Å². The third-order valence-electron chi connectivity index (χ3n) is 6.82. The van der Waals surface area contributed by atoms with E-state index in [-0.39, 0.29) is 0 Å². The summed E-state index contributed by atoms with van der Waals surface area (Å²) in [5.41, 5.74) is 6.76. The number of methoxy groups -OCH3 is 1. The summed E-state index contributed by atoms with van der Waals surface area (Å²) in [5.74, 6) is 1.26. The highest BCUT2D eigenvalue weighted by atomic mass is 16.5. The summed E-state index contributed by atoms with van der Waals surface area (Å²) in [6.07, 6.45) is 6.14. The molecule has 0 saturated heterocycles. The Labute approximate surface area is 225 Å². The molecule has 0 bridgehead atoms. The number of rotatable bonds is 9. The van der Waals surface area contributed by atoms with Crippen LogP contribution in [0.2, 0.25) is 0 Å². The van der Waals surface area contributed by atoms with E-state index < -0.39 is 5.60 Å². The Bertz CT molecular complexity index is 1270. The van der Waals surface area contributed by atoms with Gasteiger partial charge in [-0.3, -0.25) is 10.4 Å². The van der Waals surface area contributed by atoms with E-state index in [1.54, 1.807) is 13.3 Å². The molecule has 0 radical (unpaired) electrons. The minimum absolute atomic E-state index is 0.548. The largest absolute Gasteiger partial charge is 0.496 e. The molecule has 0 saturated carbocycles. The van der Waals surface area contributed by atoms with Crippen molar-refractivity contribution in [3.05, 3.63) is 125 Å². The van der Waals surface area contributed by atoms with Crippen LogP contribution in [-0.4, -0.2) is 46.3 Å². The van der Waals surface area contributed by atoms with Crippen LogP contribution in [0.25, 0.3) is 0 Å². The van der Waals surface area contributed by atoms with Crippen molar-refractivity contribution in [2.45, 2.75) is 32.8 Å². The van der Waals surface area contributed by atoms with Gasteiger partial charge in [0.05, 0.1) is 18.4 Å². The highest BCUT2D eigenvalue weighted by molar-refractivity contribution is 5.83. The zero-order chi connectivity index (χ0) is 27.3. The molecular formula is C30H36N6O2. The molecule has 8 nitrogen and oxygen atoms in total. The topological polar surface area (TPSA) is 85.3 Å². The first-order valence-corrected chi connectivity index (χ1v) is 12.7. The predicted molar refractivity (Wildman–Crippen MR) is 151 cm³/mol. The molecule has 0 amide bonds. The molecule has 1 aromatic heterocycles. The summed E-state index contributed by atoms with van der Waals surface area (Å²) >= 11 is 0. The molecule has 8 heteroatoms. The van der Waals surface area contributed by atoms with Crippen molar-refractivity contribution in [2.75, 3.05) is 20.3 Å². The van der Waals surface area contributed by atoms with Crippen molar-refractivity contribution < 1.29 is 9.84 Å². The third-order valence-corrected chi connectivity index (χ3v) is 6.82. The van der Waals surface area contributed by atoms with Crippen LogP contribution in [0.1, 0.15) is 38.4 Å². The number of aromatic nitrogens is 1. The minimum Gasteiger partial charge on any atom is -0.496 e. The zero-order valence-electron chi connectivity index (χ0n) is 22.5. The van der Waals surface area contributed by atoms with E-state index in [1.807, 2.05) is 77.6 Å². The van der Waals surface area contributed by atoms with Crippen molar-refractivity contribution in [1.29, 1.82) is 0 Å². The first kappa shape index (κ1) is 26.9. The Morgan fingerprint density at radius 3 is 2.53 bits per heavy atom. The number of ether oxygens (including phenoxy) is 1. The van der Waals surface area contributed by atoms with Crippen LogP contribution in [0.15, 0.2) is 119 Å². The van der Waals surface area contributed by atoms with Gasteiger partial charge in [0.15, 0.2) is 5.60 Å². The van der Waals surface area contributed by atoms with Crippen LogP contribution < -0.4 is 10.7 Å². The smallest absolute Gasteiger partial charge is 0.212 e. The maximum absolute atomic E-state index is 12.4. The second-order valence-corrected chi connectivity index (χ2v) is 9.05. The van der Waals surface area contributed by atoms with Gasteiger partial charge < -0.3 is 20.1 Å². The predicted octanol–water partition coefficient (Wildman–Crippen LogP) is 4.50. The van der Waals surface area contributed by atoms with Crippen LogP contribution in [0.3, 0.4) is 0 Å². The Kier molecular flexibility index (Phi) is 8.14. The lowest BCUT2D eigenvalue weighted by Gasteiger charge is -2.36. The number of hydrogen-bond acceptors (Lipinski definition) is 8. The molecule has 0 spiro atoms. The molecule has 2 aromatic rings. The average molecular weight is 513 g/mol. The average Bonchev–Trinajstić information content (AvgIpc) is 3.41. The molecule has 38 heavy (non-hydrogen) atoms. The van der Waals surface area contributed by atoms with Crippen LogP contribution in [0, 0.1) is 0 Å². The molecule has 4 rings (SSSR count). The Balaban J connectivity index is 1.78. The van der Waals surface area contributed by atoms with Gasteiger partial charge in [0.25, 0.3) is 0 Å². The molecule has 2 aliphatic heterocycles. The number of aliphatic imine (C=N–C) groups is 1. The molecular weight excluding hydrogens is 476 g/mol. The van der Waals surface area contributed by atoms with E-state index >= 15 is 0 Å². The standard InChI is InChI=1S/C30H36N6O2/c1-7-26(22(4)30(37,24-14-10-9-11-15-24)28-16-12-13-17-31-28)36-19-25(27(38-6)18-21(36)3)23(5)33-29-32-20-35(8-2)34-29/h9-19,37H,3,5,7-8,20H2,1-2,4,6H3,(H2,32,33,34)/b26-22+. The van der Waals surface area contributed by atoms with Gasteiger partial charge >= 0.3 is 0 Å². The summed E-state index contributed by atoms with van der Waals surface area (Å²) in [4.78, 5) is 11.0. The zero-order valence-corrected chi connectivity index (χ0v) is 22.5. The molecule has 0 aliphatic carbocycles. The lowest BCUT2D eigenvalue weighted by Crippen LogP contribution is -2.42. The van der Waals surface area contributed by atoms with Gasteiger partial charge in [0.1, 0.15) is 12.4 Å². The second-order valence-electron chi connectivity index (χ2n) is 9.05. The number of nitrogens with one attached hydrogen (secondary N) is 2. The molecule has 1 aromatic carbocycles. The van der Waals surface area contributed by atoms with Crippen LogP contribution in [0.4, 0.5) is 0 Å². The first-order valence-electron chi connectivity index (χ1n) is 12.7. The van der Waals surface area contributed by atoms with Gasteiger partial charge in [0, 0.05) is 42.1 Å². The molecule has 1 unspecified atom stereocenters. The number of hydrazine groups is 1. The maximum atomic E-state index is 12.4. The summed E-state index contributed by atoms with van der Waals surface area (Å²) in [7, 11) is 1.62. The number of benzene rings is 1. The number of aliphatic hydroxyl groups is 1. The monoisotopic (exact) mass is 512 g/mol. The maximum Gasteiger partial charge on any atom is 0.212 e. The van der Waals surface area contributed by atoms with E-state index in [2.05, 4.69) is 47.7 Å². The molecule has 2 aliphatic rings. The molecule has 198 valence electrons. The lowest BCUT2D eigenvalue weighted by molar-refractivity contribution is 0.112. The Morgan fingerprint density at radius 1 is 1.18 bits per heavy atom. The highest BCUT2D eigenvalue weighted by Crippen LogP contribution is 2.40. The van der Waals surface area contributed by atoms with Crippen LogP contribution in [0.5, 0.6) is 0 Å². The number of hydrogen-bond donors (Lipinski definition) is 3. The SMILES string of the molecule is C=C(NC1=NCN(CC)N1)C1=CN(/C(CC)=C(\C)C(O)(c2ccccc2)c2ccccn2)C(=C)C=C1OC. The summed E-state index contributed by atoms with van der Waals surface area (Å²) in [5, 5.41) is 17.6. The fourth-order valence-electron chi connectivity index (χ4n) is 4.69. The van der Waals surface area contributed by atoms with E-state index in [1.165, 1.54) is 0 Å². The van der Waals surface area contributed by atoms with Gasteiger partial charge in [-0.25, -0.2) is 4.99 Å². The fraction of sp³-hybridized carbons (Fsp3) is 0.267. The van der Waals surface area contributed by atoms with Crippen molar-refractivity contribution in [1.82, 2.24) is 25.6 Å². The van der Waals surface area contributed by atoms with Gasteiger partial charge in [-0.15, -0.1) is 0 Å². The Morgan fingerprint density at radius 2 is 1.92 bits per heavy atom. The van der Waals surface area contributed by atoms with Gasteiger partial charge in [0.2, 0.25) is 5.96 Å². The van der Waals surface area contributed by atoms with Crippen molar-refractivity contribution in [3.8, 4) is 0 Å². The normalized spacial score (nSPS) is 18.0. The number of guanidine groups is 1. The number of allylic oxidation sites excluding steroid dienone is 2. The third kappa shape index (κ3) is 5.14. The van der Waals surface area contributed by atoms with Crippen molar-refractivity contribution in [3.63, 3.8) is 0 Å². The molecule has 3 heterocycles. The van der Waals surface area contributed by atoms with Gasteiger partial charge in [-0.05, 0) is 36.6 Å². The van der Waals surface area contributed by atoms with E-state index in [9.17, 15) is 5.11 Å². The summed E-state index contributed by atoms with van der Waals surface area (Å²) in [6, 6.07) is 15.2. The quantitative estimate of drug-likeness (QED) is 0.456. The van der Waals surface area contributed by atoms with Crippen molar-refractivity contribution >= 4 is 5.96 Å². The lowest BCUT2D eigenvalue weighted by atomic mass is 9.81. The highest BCUT2D eigenvalue weighted by Gasteiger charge is 2.38. The van der Waals surface area contributed by atoms with Crippen LogP contribution in [-0.2, 0) is 10.3 Å². The summed E-state index contributed by atoms with van der Waals surface area (Å²) in [6.45, 7) is 16.0.